The predicted molar refractivity (Wildman–Crippen MR) is 138 cm³/mol. The molecule has 5 rings (SSSR count). The van der Waals surface area contributed by atoms with Gasteiger partial charge in [-0.2, -0.15) is 0 Å². The van der Waals surface area contributed by atoms with Crippen LogP contribution in [0.25, 0.3) is 0 Å². The number of carbonyl (C=O) groups excluding carboxylic acids is 2. The van der Waals surface area contributed by atoms with E-state index in [2.05, 4.69) is 5.32 Å². The lowest BCUT2D eigenvalue weighted by molar-refractivity contribution is -0.384. The van der Waals surface area contributed by atoms with E-state index in [0.29, 0.717) is 22.5 Å². The number of nitro groups is 1. The van der Waals surface area contributed by atoms with Gasteiger partial charge in [0.1, 0.15) is 12.4 Å². The van der Waals surface area contributed by atoms with Crippen molar-refractivity contribution >= 4 is 17.4 Å². The third-order valence-electron chi connectivity index (χ3n) is 6.96. The maximum atomic E-state index is 13.7. The number of allylic oxidation sites excluding steroid dienone is 3. The Balaban J connectivity index is 1.57. The van der Waals surface area contributed by atoms with E-state index < -0.39 is 22.7 Å². The number of hydrogen-bond donors (Lipinski definition) is 1. The van der Waals surface area contributed by atoms with Gasteiger partial charge in [0.2, 0.25) is 0 Å². The molecule has 0 amide bonds. The molecule has 3 atom stereocenters. The number of non-ortho nitro benzene ring substituents is 1. The molecule has 1 heterocycles. The predicted octanol–water partition coefficient (Wildman–Crippen LogP) is 5.56. The van der Waals surface area contributed by atoms with Gasteiger partial charge in [0.25, 0.3) is 5.69 Å². The molecule has 3 aromatic carbocycles. The third-order valence-corrected chi connectivity index (χ3v) is 6.96. The normalized spacial score (nSPS) is 20.9. The highest BCUT2D eigenvalue weighted by atomic mass is 16.6. The van der Waals surface area contributed by atoms with Gasteiger partial charge in [0, 0.05) is 41.8 Å². The molecule has 7 heteroatoms. The monoisotopic (exact) mass is 494 g/mol. The Morgan fingerprint density at radius 2 is 1.65 bits per heavy atom. The summed E-state index contributed by atoms with van der Waals surface area (Å²) in [6, 6.07) is 25.3. The van der Waals surface area contributed by atoms with Crippen molar-refractivity contribution in [1.82, 2.24) is 5.32 Å². The number of Topliss-reactive ketones (excluding diaryl/α,β-unsaturated/α-hetero) is 1. The molecular formula is C30H26N2O5. The van der Waals surface area contributed by atoms with Gasteiger partial charge in [-0.15, -0.1) is 0 Å². The summed E-state index contributed by atoms with van der Waals surface area (Å²) in [6.45, 7) is 1.85. The molecule has 0 fully saturated rings. The van der Waals surface area contributed by atoms with Crippen molar-refractivity contribution < 1.29 is 19.2 Å². The van der Waals surface area contributed by atoms with Gasteiger partial charge in [0.05, 0.1) is 16.4 Å². The van der Waals surface area contributed by atoms with Crippen molar-refractivity contribution in [2.75, 3.05) is 0 Å². The first-order valence-electron chi connectivity index (χ1n) is 12.1. The highest BCUT2D eigenvalue weighted by molar-refractivity contribution is 5.96. The molecule has 186 valence electrons. The summed E-state index contributed by atoms with van der Waals surface area (Å²) in [5.41, 5.74) is 3.89. The summed E-state index contributed by atoms with van der Waals surface area (Å²) in [5.74, 6) is -2.07. The van der Waals surface area contributed by atoms with Crippen molar-refractivity contribution in [2.24, 2.45) is 5.92 Å². The van der Waals surface area contributed by atoms with E-state index >= 15 is 0 Å². The van der Waals surface area contributed by atoms with Crippen LogP contribution in [0, 0.1) is 16.0 Å². The Hall–Kier alpha value is -4.52. The molecule has 2 aliphatic rings. The van der Waals surface area contributed by atoms with Crippen LogP contribution < -0.4 is 5.32 Å². The fourth-order valence-electron chi connectivity index (χ4n) is 5.25. The minimum absolute atomic E-state index is 0.0313. The number of esters is 1. The fraction of sp³-hybridized carbons (Fsp3) is 0.200. The van der Waals surface area contributed by atoms with Crippen molar-refractivity contribution in [3.8, 4) is 0 Å². The van der Waals surface area contributed by atoms with Gasteiger partial charge < -0.3 is 10.1 Å². The SMILES string of the molecule is CC1=C(C(=O)OCc2ccccc2)C(c2cccc([N+](=O)[O-])c2)C2C(=O)CC(c3ccccc3)C=C2N1. The number of ether oxygens (including phenoxy) is 1. The number of carbonyl (C=O) groups is 2. The number of nitrogens with zero attached hydrogens (tertiary/aromatic N) is 1. The molecule has 0 bridgehead atoms. The summed E-state index contributed by atoms with van der Waals surface area (Å²) < 4.78 is 5.67. The van der Waals surface area contributed by atoms with E-state index in [1.54, 1.807) is 19.1 Å². The van der Waals surface area contributed by atoms with Crippen molar-refractivity contribution in [1.29, 1.82) is 0 Å². The second kappa shape index (κ2) is 10.2. The van der Waals surface area contributed by atoms with E-state index in [1.807, 2.05) is 66.7 Å². The molecule has 0 aromatic heterocycles. The Morgan fingerprint density at radius 3 is 2.35 bits per heavy atom. The standard InChI is InChI=1S/C30H26N2O5/c1-19-27(30(34)37-18-20-9-4-2-5-10-20)28(22-13-8-14-24(15-22)32(35)36)29-25(31-19)16-23(17-26(29)33)21-11-6-3-7-12-21/h2-16,23,28-29,31H,17-18H2,1H3. The van der Waals surface area contributed by atoms with Crippen LogP contribution in [-0.4, -0.2) is 16.7 Å². The summed E-state index contributed by atoms with van der Waals surface area (Å²) in [4.78, 5) is 38.2. The van der Waals surface area contributed by atoms with Crippen LogP contribution >= 0.6 is 0 Å². The van der Waals surface area contributed by atoms with Gasteiger partial charge in [0.15, 0.2) is 0 Å². The number of nitro benzene ring substituents is 1. The van der Waals surface area contributed by atoms with Crippen molar-refractivity contribution in [2.45, 2.75) is 31.8 Å². The molecular weight excluding hydrogens is 468 g/mol. The van der Waals surface area contributed by atoms with Gasteiger partial charge in [-0.25, -0.2) is 4.79 Å². The van der Waals surface area contributed by atoms with Gasteiger partial charge >= 0.3 is 5.97 Å². The van der Waals surface area contributed by atoms with Crippen LogP contribution in [0.4, 0.5) is 5.69 Å². The van der Waals surface area contributed by atoms with E-state index in [0.717, 1.165) is 11.1 Å². The molecule has 0 saturated carbocycles. The molecule has 7 nitrogen and oxygen atoms in total. The van der Waals surface area contributed by atoms with Crippen LogP contribution in [0.2, 0.25) is 0 Å². The van der Waals surface area contributed by atoms with Gasteiger partial charge in [-0.1, -0.05) is 78.9 Å². The third kappa shape index (κ3) is 4.93. The topological polar surface area (TPSA) is 98.5 Å². The highest BCUT2D eigenvalue weighted by Gasteiger charge is 2.45. The molecule has 0 saturated heterocycles. The lowest BCUT2D eigenvalue weighted by Crippen LogP contribution is -2.42. The minimum Gasteiger partial charge on any atom is -0.457 e. The van der Waals surface area contributed by atoms with Crippen molar-refractivity contribution in [3.63, 3.8) is 0 Å². The molecule has 3 aromatic rings. The van der Waals surface area contributed by atoms with Crippen molar-refractivity contribution in [3.05, 3.63) is 135 Å². The zero-order chi connectivity index (χ0) is 25.9. The second-order valence-corrected chi connectivity index (χ2v) is 9.34. The maximum Gasteiger partial charge on any atom is 0.336 e. The summed E-state index contributed by atoms with van der Waals surface area (Å²) in [5, 5.41) is 14.8. The molecule has 1 aliphatic carbocycles. The lowest BCUT2D eigenvalue weighted by Gasteiger charge is -2.39. The number of nitrogens with one attached hydrogen (secondary N) is 1. The molecule has 0 radical (unpaired) electrons. The highest BCUT2D eigenvalue weighted by Crippen LogP contribution is 2.46. The Morgan fingerprint density at radius 1 is 0.973 bits per heavy atom. The largest absolute Gasteiger partial charge is 0.457 e. The Labute approximate surface area is 214 Å². The first-order chi connectivity index (χ1) is 17.9. The number of ketones is 1. The van der Waals surface area contributed by atoms with Crippen LogP contribution in [0.15, 0.2) is 108 Å². The lowest BCUT2D eigenvalue weighted by atomic mass is 9.68. The average molecular weight is 495 g/mol. The number of benzene rings is 3. The summed E-state index contributed by atoms with van der Waals surface area (Å²) in [7, 11) is 0. The Kier molecular flexibility index (Phi) is 6.68. The van der Waals surface area contributed by atoms with Gasteiger partial charge in [-0.3, -0.25) is 14.9 Å². The fourth-order valence-corrected chi connectivity index (χ4v) is 5.25. The number of rotatable bonds is 6. The van der Waals surface area contributed by atoms with E-state index in [4.69, 9.17) is 4.74 Å². The van der Waals surface area contributed by atoms with Gasteiger partial charge in [-0.05, 0) is 23.6 Å². The average Bonchev–Trinajstić information content (AvgIpc) is 2.92. The quantitative estimate of drug-likeness (QED) is 0.274. The van der Waals surface area contributed by atoms with Crippen LogP contribution in [0.3, 0.4) is 0 Å². The molecule has 37 heavy (non-hydrogen) atoms. The number of hydrogen-bond acceptors (Lipinski definition) is 6. The molecule has 3 unspecified atom stereocenters. The first kappa shape index (κ1) is 24.2. The van der Waals surface area contributed by atoms with E-state index in [9.17, 15) is 19.7 Å². The Bertz CT molecular complexity index is 1410. The van der Waals surface area contributed by atoms with Crippen LogP contribution in [-0.2, 0) is 20.9 Å². The first-order valence-corrected chi connectivity index (χ1v) is 12.1. The second-order valence-electron chi connectivity index (χ2n) is 9.34. The zero-order valence-corrected chi connectivity index (χ0v) is 20.3. The summed E-state index contributed by atoms with van der Waals surface area (Å²) in [6.07, 6.45) is 2.32. The number of fused-ring (bicyclic) bond motifs is 1. The van der Waals surface area contributed by atoms with Crippen LogP contribution in [0.5, 0.6) is 0 Å². The minimum atomic E-state index is -0.708. The summed E-state index contributed by atoms with van der Waals surface area (Å²) >= 11 is 0. The van der Waals surface area contributed by atoms with E-state index in [1.165, 1.54) is 12.1 Å². The molecule has 1 aliphatic heterocycles. The van der Waals surface area contributed by atoms with Crippen LogP contribution in [0.1, 0.15) is 41.9 Å². The van der Waals surface area contributed by atoms with E-state index in [-0.39, 0.29) is 30.4 Å². The smallest absolute Gasteiger partial charge is 0.336 e. The zero-order valence-electron chi connectivity index (χ0n) is 20.3. The molecule has 0 spiro atoms. The molecule has 1 N–H and O–H groups in total. The maximum absolute atomic E-state index is 13.7.